The van der Waals surface area contributed by atoms with E-state index < -0.39 is 27.4 Å². The zero-order valence-electron chi connectivity index (χ0n) is 10.3. The zero-order valence-corrected chi connectivity index (χ0v) is 11.1. The molecule has 90 valence electrons. The Balaban J connectivity index is 4.58. The van der Waals surface area contributed by atoms with Crippen LogP contribution in [0.15, 0.2) is 4.40 Å². The first kappa shape index (κ1) is 14.7. The molecule has 0 aromatic rings. The van der Waals surface area contributed by atoms with Crippen LogP contribution in [0.25, 0.3) is 0 Å². The first-order valence-corrected chi connectivity index (χ1v) is 5.91. The number of hydrogen-bond acceptors (Lipinski definition) is 3. The lowest BCUT2D eigenvalue weighted by Crippen LogP contribution is -2.39. The number of hydrogen-bond donors (Lipinski definition) is 1. The molecule has 0 fully saturated rings. The third-order valence-corrected chi connectivity index (χ3v) is 3.13. The van der Waals surface area contributed by atoms with Gasteiger partial charge in [-0.3, -0.25) is 0 Å². The van der Waals surface area contributed by atoms with Gasteiger partial charge in [-0.15, -0.1) is 0 Å². The molecular formula is C10H21NO3S. The van der Waals surface area contributed by atoms with Crippen molar-refractivity contribution in [3.05, 3.63) is 0 Å². The molecule has 1 unspecified atom stereocenters. The van der Waals surface area contributed by atoms with E-state index in [9.17, 15) is 9.32 Å². The van der Waals surface area contributed by atoms with Crippen LogP contribution >= 0.6 is 0 Å². The van der Waals surface area contributed by atoms with Crippen molar-refractivity contribution in [1.82, 2.24) is 0 Å². The SMILES string of the molecule is CO[C@H](/C=N/S(=O)C(C)(C)C)C(C)(C)O. The Morgan fingerprint density at radius 2 is 1.80 bits per heavy atom. The van der Waals surface area contributed by atoms with Gasteiger partial charge >= 0.3 is 0 Å². The fraction of sp³-hybridized carbons (Fsp3) is 0.900. The summed E-state index contributed by atoms with van der Waals surface area (Å²) in [6, 6.07) is 0. The van der Waals surface area contributed by atoms with Gasteiger partial charge < -0.3 is 9.84 Å². The molecule has 0 radical (unpaired) electrons. The molecule has 0 amide bonds. The molecule has 0 aromatic heterocycles. The van der Waals surface area contributed by atoms with Crippen molar-refractivity contribution in [3.8, 4) is 0 Å². The molecule has 0 aliphatic heterocycles. The van der Waals surface area contributed by atoms with Crippen molar-refractivity contribution >= 4 is 17.2 Å². The Morgan fingerprint density at radius 1 is 1.33 bits per heavy atom. The Kier molecular flexibility index (Phi) is 5.09. The van der Waals surface area contributed by atoms with E-state index in [1.165, 1.54) is 13.3 Å². The number of ether oxygens (including phenoxy) is 1. The highest BCUT2D eigenvalue weighted by Gasteiger charge is 2.26. The molecule has 0 saturated carbocycles. The van der Waals surface area contributed by atoms with E-state index in [2.05, 4.69) is 4.40 Å². The predicted molar refractivity (Wildman–Crippen MR) is 63.5 cm³/mol. The Bertz CT molecular complexity index is 250. The molecule has 0 saturated heterocycles. The fourth-order valence-electron chi connectivity index (χ4n) is 0.800. The number of aliphatic hydroxyl groups is 1. The maximum Gasteiger partial charge on any atom is 0.144 e. The summed E-state index contributed by atoms with van der Waals surface area (Å²) in [6.45, 7) is 8.76. The smallest absolute Gasteiger partial charge is 0.144 e. The minimum atomic E-state index is -1.32. The summed E-state index contributed by atoms with van der Waals surface area (Å²) in [6.07, 6.45) is 0.852. The molecule has 4 nitrogen and oxygen atoms in total. The van der Waals surface area contributed by atoms with E-state index in [0.717, 1.165) is 0 Å². The van der Waals surface area contributed by atoms with Gasteiger partial charge in [0.1, 0.15) is 17.1 Å². The van der Waals surface area contributed by atoms with Gasteiger partial charge in [-0.05, 0) is 34.6 Å². The third-order valence-electron chi connectivity index (χ3n) is 1.77. The second-order valence-corrected chi connectivity index (χ2v) is 6.86. The number of nitrogens with zero attached hydrogens (tertiary/aromatic N) is 1. The highest BCUT2D eigenvalue weighted by molar-refractivity contribution is 7.85. The summed E-state index contributed by atoms with van der Waals surface area (Å²) >= 11 is 0. The molecule has 0 aromatic carbocycles. The lowest BCUT2D eigenvalue weighted by Gasteiger charge is -2.24. The van der Waals surface area contributed by atoms with Crippen molar-refractivity contribution in [3.63, 3.8) is 0 Å². The lowest BCUT2D eigenvalue weighted by atomic mass is 10.0. The van der Waals surface area contributed by atoms with Crippen LogP contribution in [-0.4, -0.2) is 39.1 Å². The average molecular weight is 235 g/mol. The fourth-order valence-corrected chi connectivity index (χ4v) is 1.34. The normalized spacial score (nSPS) is 18.1. The van der Waals surface area contributed by atoms with Crippen LogP contribution in [0.4, 0.5) is 0 Å². The summed E-state index contributed by atoms with van der Waals surface area (Å²) in [5.74, 6) is 0. The van der Waals surface area contributed by atoms with Crippen molar-refractivity contribution in [1.29, 1.82) is 0 Å². The maximum absolute atomic E-state index is 11.6. The van der Waals surface area contributed by atoms with Gasteiger partial charge in [-0.1, -0.05) is 0 Å². The monoisotopic (exact) mass is 235 g/mol. The third kappa shape index (κ3) is 5.39. The van der Waals surface area contributed by atoms with Crippen LogP contribution in [-0.2, 0) is 15.7 Å². The van der Waals surface area contributed by atoms with Crippen LogP contribution in [0.5, 0.6) is 0 Å². The molecule has 1 N–H and O–H groups in total. The molecule has 0 aliphatic carbocycles. The number of rotatable bonds is 4. The van der Waals surface area contributed by atoms with E-state index in [-0.39, 0.29) is 0 Å². The predicted octanol–water partition coefficient (Wildman–Crippen LogP) is 1.31. The van der Waals surface area contributed by atoms with Gasteiger partial charge in [0.05, 0.1) is 10.3 Å². The van der Waals surface area contributed by atoms with Crippen molar-refractivity contribution < 1.29 is 14.1 Å². The maximum atomic E-state index is 11.6. The first-order valence-electron chi connectivity index (χ1n) is 4.80. The Morgan fingerprint density at radius 3 is 2.07 bits per heavy atom. The zero-order chi connectivity index (χ0) is 12.3. The molecular weight excluding hydrogens is 214 g/mol. The second kappa shape index (κ2) is 5.18. The van der Waals surface area contributed by atoms with Crippen LogP contribution in [0, 0.1) is 0 Å². The summed E-state index contributed by atoms with van der Waals surface area (Å²) in [5, 5.41) is 9.68. The van der Waals surface area contributed by atoms with Gasteiger partial charge in [-0.25, -0.2) is 4.21 Å². The van der Waals surface area contributed by atoms with Gasteiger partial charge in [-0.2, -0.15) is 4.40 Å². The summed E-state index contributed by atoms with van der Waals surface area (Å²) in [5.41, 5.74) is -1.03. The van der Waals surface area contributed by atoms with Crippen LogP contribution in [0.2, 0.25) is 0 Å². The van der Waals surface area contributed by atoms with E-state index in [4.69, 9.17) is 4.74 Å². The summed E-state index contributed by atoms with van der Waals surface area (Å²) < 4.78 is 20.1. The lowest BCUT2D eigenvalue weighted by molar-refractivity contribution is -0.0317. The van der Waals surface area contributed by atoms with Crippen LogP contribution in [0.3, 0.4) is 0 Å². The van der Waals surface area contributed by atoms with Crippen molar-refractivity contribution in [2.75, 3.05) is 7.11 Å². The molecule has 0 rings (SSSR count). The molecule has 0 bridgehead atoms. The van der Waals surface area contributed by atoms with Gasteiger partial charge in [0.15, 0.2) is 0 Å². The van der Waals surface area contributed by atoms with E-state index >= 15 is 0 Å². The van der Waals surface area contributed by atoms with E-state index in [1.54, 1.807) is 13.8 Å². The van der Waals surface area contributed by atoms with Gasteiger partial charge in [0, 0.05) is 13.3 Å². The molecule has 15 heavy (non-hydrogen) atoms. The molecule has 0 spiro atoms. The highest BCUT2D eigenvalue weighted by atomic mass is 32.2. The summed E-state index contributed by atoms with van der Waals surface area (Å²) in [7, 11) is 0.165. The molecule has 5 heteroatoms. The van der Waals surface area contributed by atoms with Crippen molar-refractivity contribution in [2.24, 2.45) is 4.40 Å². The topological polar surface area (TPSA) is 58.9 Å². The van der Waals surface area contributed by atoms with Crippen LogP contribution in [0.1, 0.15) is 34.6 Å². The average Bonchev–Trinajstić information content (AvgIpc) is 2.00. The second-order valence-electron chi connectivity index (χ2n) is 4.93. The minimum absolute atomic E-state index is 0.394. The van der Waals surface area contributed by atoms with Crippen LogP contribution < -0.4 is 0 Å². The standard InChI is InChI=1S/C10H21NO3S/c1-9(2,3)15(13)11-7-8(14-6)10(4,5)12/h7-8,12H,1-6H3/b11-7+/t8-,15?/m1/s1. The van der Waals surface area contributed by atoms with E-state index in [1.807, 2.05) is 20.8 Å². The van der Waals surface area contributed by atoms with Crippen molar-refractivity contribution in [2.45, 2.75) is 51.1 Å². The van der Waals surface area contributed by atoms with Gasteiger partial charge in [0.2, 0.25) is 0 Å². The largest absolute Gasteiger partial charge is 0.387 e. The molecule has 0 aliphatic rings. The Hall–Kier alpha value is -0.260. The van der Waals surface area contributed by atoms with Gasteiger partial charge in [0.25, 0.3) is 0 Å². The highest BCUT2D eigenvalue weighted by Crippen LogP contribution is 2.14. The quantitative estimate of drug-likeness (QED) is 0.747. The summed E-state index contributed by atoms with van der Waals surface area (Å²) in [4.78, 5) is 0. The first-order chi connectivity index (χ1) is 6.59. The van der Waals surface area contributed by atoms with E-state index in [0.29, 0.717) is 0 Å². The minimum Gasteiger partial charge on any atom is -0.387 e. The number of methoxy groups -OCH3 is 1. The Labute approximate surface area is 94.3 Å². The molecule has 2 atom stereocenters. The molecule has 0 heterocycles.